The number of carbonyl (C=O) groups is 2. The maximum absolute atomic E-state index is 11.3. The van der Waals surface area contributed by atoms with Crippen molar-refractivity contribution in [2.24, 2.45) is 5.73 Å². The molecule has 0 saturated carbocycles. The molecule has 1 aromatic rings. The lowest BCUT2D eigenvalue weighted by Gasteiger charge is -2.08. The van der Waals surface area contributed by atoms with Gasteiger partial charge in [-0.1, -0.05) is 19.4 Å². The third-order valence-corrected chi connectivity index (χ3v) is 2.43. The Labute approximate surface area is 99.6 Å². The van der Waals surface area contributed by atoms with E-state index >= 15 is 0 Å². The summed E-state index contributed by atoms with van der Waals surface area (Å²) < 4.78 is 0. The number of anilines is 1. The number of aryl methyl sites for hydroxylation is 1. The number of hydrogen-bond donors (Lipinski definition) is 3. The number of nitrogens with two attached hydrogens (primary N) is 1. The Balaban J connectivity index is 2.99. The largest absolute Gasteiger partial charge is 0.465 e. The molecule has 1 aromatic carbocycles. The molecule has 5 nitrogen and oxygen atoms in total. The lowest BCUT2D eigenvalue weighted by molar-refractivity contribution is 0.0999. The van der Waals surface area contributed by atoms with Gasteiger partial charge in [0.05, 0.1) is 0 Å². The molecule has 2 amide bonds. The van der Waals surface area contributed by atoms with Gasteiger partial charge in [0.25, 0.3) is 0 Å². The summed E-state index contributed by atoms with van der Waals surface area (Å²) in [6.45, 7) is 2.06. The Morgan fingerprint density at radius 1 is 1.41 bits per heavy atom. The zero-order chi connectivity index (χ0) is 12.8. The molecule has 0 bridgehead atoms. The van der Waals surface area contributed by atoms with E-state index in [9.17, 15) is 9.59 Å². The van der Waals surface area contributed by atoms with E-state index in [0.29, 0.717) is 11.3 Å². The second-order valence-corrected chi connectivity index (χ2v) is 3.77. The molecule has 0 fully saturated rings. The normalized spacial score (nSPS) is 9.94. The topological polar surface area (TPSA) is 92.4 Å². The van der Waals surface area contributed by atoms with E-state index in [0.717, 1.165) is 24.8 Å². The van der Waals surface area contributed by atoms with Crippen molar-refractivity contribution in [1.82, 2.24) is 0 Å². The summed E-state index contributed by atoms with van der Waals surface area (Å²) in [5.41, 5.74) is 6.86. The predicted molar refractivity (Wildman–Crippen MR) is 65.2 cm³/mol. The third kappa shape index (κ3) is 3.79. The van der Waals surface area contributed by atoms with E-state index in [1.807, 2.05) is 0 Å². The fourth-order valence-corrected chi connectivity index (χ4v) is 1.59. The first-order valence-corrected chi connectivity index (χ1v) is 5.47. The van der Waals surface area contributed by atoms with Crippen molar-refractivity contribution >= 4 is 17.7 Å². The molecule has 17 heavy (non-hydrogen) atoms. The van der Waals surface area contributed by atoms with Gasteiger partial charge in [-0.05, 0) is 30.5 Å². The van der Waals surface area contributed by atoms with Gasteiger partial charge in [-0.25, -0.2) is 4.79 Å². The van der Waals surface area contributed by atoms with E-state index in [4.69, 9.17) is 10.8 Å². The molecule has 0 heterocycles. The van der Waals surface area contributed by atoms with Gasteiger partial charge in [-0.15, -0.1) is 0 Å². The number of unbranched alkanes of at least 4 members (excludes halogenated alkanes) is 1. The number of nitrogens with one attached hydrogen (secondary N) is 1. The van der Waals surface area contributed by atoms with Gasteiger partial charge in [0.2, 0.25) is 5.91 Å². The number of carboxylic acid groups (broad SMARTS) is 1. The molecule has 0 aliphatic heterocycles. The highest BCUT2D eigenvalue weighted by Crippen LogP contribution is 2.17. The second kappa shape index (κ2) is 5.89. The van der Waals surface area contributed by atoms with Crippen LogP contribution in [0.5, 0.6) is 0 Å². The summed E-state index contributed by atoms with van der Waals surface area (Å²) in [6.07, 6.45) is 1.59. The predicted octanol–water partition coefficient (Wildman–Crippen LogP) is 2.22. The highest BCUT2D eigenvalue weighted by molar-refractivity contribution is 5.96. The van der Waals surface area contributed by atoms with Crippen molar-refractivity contribution in [3.63, 3.8) is 0 Å². The number of primary amides is 1. The van der Waals surface area contributed by atoms with Crippen LogP contribution in [0.2, 0.25) is 0 Å². The maximum atomic E-state index is 11.3. The Kier molecular flexibility index (Phi) is 4.51. The number of hydrogen-bond acceptors (Lipinski definition) is 2. The van der Waals surface area contributed by atoms with Crippen LogP contribution in [-0.4, -0.2) is 17.1 Å². The van der Waals surface area contributed by atoms with Crippen LogP contribution in [0.25, 0.3) is 0 Å². The van der Waals surface area contributed by atoms with Gasteiger partial charge in [0.1, 0.15) is 0 Å². The quantitative estimate of drug-likeness (QED) is 0.731. The first kappa shape index (κ1) is 13.0. The van der Waals surface area contributed by atoms with Gasteiger partial charge >= 0.3 is 6.09 Å². The van der Waals surface area contributed by atoms with Gasteiger partial charge in [-0.2, -0.15) is 0 Å². The van der Waals surface area contributed by atoms with Crippen molar-refractivity contribution in [2.75, 3.05) is 5.32 Å². The number of benzene rings is 1. The van der Waals surface area contributed by atoms with E-state index in [-0.39, 0.29) is 0 Å². The minimum Gasteiger partial charge on any atom is -0.465 e. The van der Waals surface area contributed by atoms with Crippen molar-refractivity contribution in [3.05, 3.63) is 29.3 Å². The van der Waals surface area contributed by atoms with Crippen molar-refractivity contribution in [1.29, 1.82) is 0 Å². The molecule has 1 rings (SSSR count). The van der Waals surface area contributed by atoms with E-state index in [1.54, 1.807) is 12.1 Å². The van der Waals surface area contributed by atoms with Crippen LogP contribution >= 0.6 is 0 Å². The van der Waals surface area contributed by atoms with Crippen molar-refractivity contribution in [3.8, 4) is 0 Å². The van der Waals surface area contributed by atoms with E-state index in [2.05, 4.69) is 12.2 Å². The molecule has 0 radical (unpaired) electrons. The molecule has 0 saturated heterocycles. The molecule has 0 aliphatic rings. The van der Waals surface area contributed by atoms with Gasteiger partial charge in [0.15, 0.2) is 0 Å². The fraction of sp³-hybridized carbons (Fsp3) is 0.333. The second-order valence-electron chi connectivity index (χ2n) is 3.77. The zero-order valence-electron chi connectivity index (χ0n) is 9.69. The maximum Gasteiger partial charge on any atom is 0.409 e. The molecular formula is C12H16N2O3. The monoisotopic (exact) mass is 236 g/mol. The molecule has 5 heteroatoms. The third-order valence-electron chi connectivity index (χ3n) is 2.43. The number of carbonyl (C=O) groups excluding carboxylic acids is 1. The zero-order valence-corrected chi connectivity index (χ0v) is 9.69. The lowest BCUT2D eigenvalue weighted by atomic mass is 10.0. The minimum atomic E-state index is -1.17. The standard InChI is InChI=1S/C12H16N2O3/c1-2-3-4-8-5-6-9(14-12(16)17)7-10(8)11(13)15/h5-7,14H,2-4H2,1H3,(H2,13,15)(H,16,17). The molecule has 0 unspecified atom stereocenters. The van der Waals surface area contributed by atoms with Crippen LogP contribution in [0.15, 0.2) is 18.2 Å². The Hall–Kier alpha value is -2.04. The molecule has 0 spiro atoms. The highest BCUT2D eigenvalue weighted by Gasteiger charge is 2.09. The molecule has 4 N–H and O–H groups in total. The molecule has 0 atom stereocenters. The summed E-state index contributed by atoms with van der Waals surface area (Å²) in [6, 6.07) is 4.84. The van der Waals surface area contributed by atoms with E-state index in [1.165, 1.54) is 6.07 Å². The number of rotatable bonds is 5. The SMILES string of the molecule is CCCCc1ccc(NC(=O)O)cc1C(N)=O. The van der Waals surface area contributed by atoms with Crippen LogP contribution < -0.4 is 11.1 Å². The minimum absolute atomic E-state index is 0.353. The van der Waals surface area contributed by atoms with Gasteiger partial charge in [-0.3, -0.25) is 10.1 Å². The highest BCUT2D eigenvalue weighted by atomic mass is 16.4. The van der Waals surface area contributed by atoms with Gasteiger partial charge in [0, 0.05) is 11.3 Å². The molecular weight excluding hydrogens is 220 g/mol. The summed E-state index contributed by atoms with van der Waals surface area (Å²) in [5.74, 6) is -0.537. The van der Waals surface area contributed by atoms with Crippen LogP contribution in [0.4, 0.5) is 10.5 Å². The molecule has 92 valence electrons. The average Bonchev–Trinajstić information content (AvgIpc) is 2.26. The van der Waals surface area contributed by atoms with Crippen LogP contribution in [-0.2, 0) is 6.42 Å². The Morgan fingerprint density at radius 2 is 2.12 bits per heavy atom. The van der Waals surface area contributed by atoms with Crippen LogP contribution in [0, 0.1) is 0 Å². The van der Waals surface area contributed by atoms with Crippen molar-refractivity contribution < 1.29 is 14.7 Å². The van der Waals surface area contributed by atoms with Crippen molar-refractivity contribution in [2.45, 2.75) is 26.2 Å². The average molecular weight is 236 g/mol. The molecule has 0 aromatic heterocycles. The van der Waals surface area contributed by atoms with E-state index < -0.39 is 12.0 Å². The molecule has 0 aliphatic carbocycles. The number of amides is 2. The first-order valence-electron chi connectivity index (χ1n) is 5.47. The summed E-state index contributed by atoms with van der Waals surface area (Å²) >= 11 is 0. The fourth-order valence-electron chi connectivity index (χ4n) is 1.59. The smallest absolute Gasteiger partial charge is 0.409 e. The summed E-state index contributed by atoms with van der Waals surface area (Å²) in [4.78, 5) is 21.7. The summed E-state index contributed by atoms with van der Waals surface area (Å²) in [7, 11) is 0. The lowest BCUT2D eigenvalue weighted by Crippen LogP contribution is -2.15. The Morgan fingerprint density at radius 3 is 2.65 bits per heavy atom. The summed E-state index contributed by atoms with van der Waals surface area (Å²) in [5, 5.41) is 10.8. The van der Waals surface area contributed by atoms with Crippen LogP contribution in [0.3, 0.4) is 0 Å². The Bertz CT molecular complexity index is 430. The van der Waals surface area contributed by atoms with Gasteiger partial charge < -0.3 is 10.8 Å². The first-order chi connectivity index (χ1) is 8.04. The van der Waals surface area contributed by atoms with Crippen LogP contribution in [0.1, 0.15) is 35.7 Å².